The zero-order valence-electron chi connectivity index (χ0n) is 16.5. The average Bonchev–Trinajstić information content (AvgIpc) is 2.79. The maximum atomic E-state index is 14.5. The first-order valence-electron chi connectivity index (χ1n) is 9.11. The van der Waals surface area contributed by atoms with Crippen LogP contribution in [-0.4, -0.2) is 67.7 Å². The van der Waals surface area contributed by atoms with Crippen molar-refractivity contribution in [2.45, 2.75) is 22.3 Å². The highest BCUT2D eigenvalue weighted by Gasteiger charge is 2.30. The Hall–Kier alpha value is -1.49. The van der Waals surface area contributed by atoms with E-state index in [-0.39, 0.29) is 17.3 Å². The van der Waals surface area contributed by atoms with Gasteiger partial charge in [-0.2, -0.15) is 8.42 Å². The molecule has 6 nitrogen and oxygen atoms in total. The molecular formula is C20H27FN2O4S2. The van der Waals surface area contributed by atoms with Crippen LogP contribution in [-0.2, 0) is 16.5 Å². The number of likely N-dealkylation sites (N-methyl/N-ethyl adjacent to an activating group) is 1. The molecule has 29 heavy (non-hydrogen) atoms. The Morgan fingerprint density at radius 2 is 1.69 bits per heavy atom. The molecule has 4 rings (SSSR count). The maximum Gasteiger partial charge on any atom is 0.261 e. The van der Waals surface area contributed by atoms with Crippen LogP contribution in [0.1, 0.15) is 17.2 Å². The Morgan fingerprint density at radius 3 is 2.34 bits per heavy atom. The van der Waals surface area contributed by atoms with Crippen molar-refractivity contribution >= 4 is 21.9 Å². The number of nitrogens with zero attached hydrogens (tertiary/aromatic N) is 2. The molecule has 1 unspecified atom stereocenters. The summed E-state index contributed by atoms with van der Waals surface area (Å²) in [6.07, 6.45) is 1.68. The van der Waals surface area contributed by atoms with E-state index >= 15 is 0 Å². The number of fused-ring (bicyclic) bond motifs is 2. The highest BCUT2D eigenvalue weighted by atomic mass is 32.2. The maximum absolute atomic E-state index is 14.5. The molecule has 3 N–H and O–H groups in total. The second-order valence-electron chi connectivity index (χ2n) is 7.16. The molecule has 0 bridgehead atoms. The van der Waals surface area contributed by atoms with Crippen LogP contribution in [0, 0.1) is 5.82 Å². The van der Waals surface area contributed by atoms with Crippen LogP contribution < -0.4 is 0 Å². The SMILES string of the molecule is CN1CCN(C2Cc3ccccc3Sc3c(F)cccc32)CC1.CS(=O)(=O)O.O. The normalized spacial score (nSPS) is 19.7. The summed E-state index contributed by atoms with van der Waals surface area (Å²) in [4.78, 5) is 6.89. The van der Waals surface area contributed by atoms with E-state index in [9.17, 15) is 12.8 Å². The summed E-state index contributed by atoms with van der Waals surface area (Å²) in [7, 11) is -1.50. The van der Waals surface area contributed by atoms with Crippen LogP contribution in [0.5, 0.6) is 0 Å². The minimum absolute atomic E-state index is 0. The number of benzene rings is 2. The van der Waals surface area contributed by atoms with Crippen molar-refractivity contribution in [1.29, 1.82) is 0 Å². The van der Waals surface area contributed by atoms with E-state index in [2.05, 4.69) is 41.1 Å². The first-order valence-corrected chi connectivity index (χ1v) is 11.8. The van der Waals surface area contributed by atoms with Crippen LogP contribution in [0.25, 0.3) is 0 Å². The van der Waals surface area contributed by atoms with Crippen molar-refractivity contribution in [2.75, 3.05) is 39.5 Å². The summed E-state index contributed by atoms with van der Waals surface area (Å²) in [5.41, 5.74) is 2.48. The number of hydrogen-bond acceptors (Lipinski definition) is 5. The van der Waals surface area contributed by atoms with Gasteiger partial charge in [-0.25, -0.2) is 4.39 Å². The van der Waals surface area contributed by atoms with Crippen molar-refractivity contribution in [3.63, 3.8) is 0 Å². The fourth-order valence-electron chi connectivity index (χ4n) is 3.56. The van der Waals surface area contributed by atoms with Gasteiger partial charge >= 0.3 is 0 Å². The summed E-state index contributed by atoms with van der Waals surface area (Å²) in [5.74, 6) is -0.0941. The zero-order chi connectivity index (χ0) is 20.3. The molecule has 0 saturated carbocycles. The molecule has 9 heteroatoms. The van der Waals surface area contributed by atoms with Crippen molar-refractivity contribution < 1.29 is 22.8 Å². The molecule has 2 aliphatic rings. The van der Waals surface area contributed by atoms with Gasteiger partial charge in [0.15, 0.2) is 0 Å². The van der Waals surface area contributed by atoms with Crippen LogP contribution >= 0.6 is 11.8 Å². The van der Waals surface area contributed by atoms with Gasteiger partial charge in [-0.05, 0) is 36.7 Å². The highest BCUT2D eigenvalue weighted by molar-refractivity contribution is 7.99. The predicted octanol–water partition coefficient (Wildman–Crippen LogP) is 2.50. The fourth-order valence-corrected chi connectivity index (χ4v) is 4.69. The topological polar surface area (TPSA) is 92.4 Å². The number of hydrogen-bond donors (Lipinski definition) is 1. The Kier molecular flexibility index (Phi) is 8.21. The van der Waals surface area contributed by atoms with Gasteiger partial charge in [-0.1, -0.05) is 42.1 Å². The molecule has 1 atom stereocenters. The monoisotopic (exact) mass is 442 g/mol. The number of halogens is 1. The van der Waals surface area contributed by atoms with E-state index in [1.165, 1.54) is 10.5 Å². The third-order valence-electron chi connectivity index (χ3n) is 4.93. The average molecular weight is 443 g/mol. The van der Waals surface area contributed by atoms with Crippen molar-refractivity contribution in [3.05, 3.63) is 59.4 Å². The summed E-state index contributed by atoms with van der Waals surface area (Å²) in [6, 6.07) is 14.3. The molecule has 2 aromatic rings. The van der Waals surface area contributed by atoms with Crippen LogP contribution in [0.2, 0.25) is 0 Å². The Morgan fingerprint density at radius 1 is 1.07 bits per heavy atom. The fraction of sp³-hybridized carbons (Fsp3) is 0.400. The van der Waals surface area contributed by atoms with Crippen LogP contribution in [0.4, 0.5) is 4.39 Å². The molecule has 1 saturated heterocycles. The number of rotatable bonds is 1. The minimum Gasteiger partial charge on any atom is -0.412 e. The molecular weight excluding hydrogens is 415 g/mol. The lowest BCUT2D eigenvalue weighted by atomic mass is 9.96. The van der Waals surface area contributed by atoms with Crippen molar-refractivity contribution in [3.8, 4) is 0 Å². The van der Waals surface area contributed by atoms with E-state index < -0.39 is 10.1 Å². The van der Waals surface area contributed by atoms with Gasteiger partial charge in [0.2, 0.25) is 0 Å². The molecule has 0 spiro atoms. The van der Waals surface area contributed by atoms with Gasteiger partial charge in [0.1, 0.15) is 5.82 Å². The summed E-state index contributed by atoms with van der Waals surface area (Å²) >= 11 is 1.59. The minimum atomic E-state index is -3.67. The first kappa shape index (κ1) is 23.8. The third kappa shape index (κ3) is 6.50. The smallest absolute Gasteiger partial charge is 0.261 e. The van der Waals surface area contributed by atoms with Crippen LogP contribution in [0.15, 0.2) is 52.3 Å². The van der Waals surface area contributed by atoms with Gasteiger partial charge in [0.25, 0.3) is 10.1 Å². The molecule has 2 heterocycles. The lowest BCUT2D eigenvalue weighted by molar-refractivity contribution is 0.109. The highest BCUT2D eigenvalue weighted by Crippen LogP contribution is 2.43. The molecule has 160 valence electrons. The predicted molar refractivity (Wildman–Crippen MR) is 114 cm³/mol. The lowest BCUT2D eigenvalue weighted by Crippen LogP contribution is -2.46. The van der Waals surface area contributed by atoms with Gasteiger partial charge < -0.3 is 10.4 Å². The lowest BCUT2D eigenvalue weighted by Gasteiger charge is -2.38. The zero-order valence-corrected chi connectivity index (χ0v) is 18.1. The van der Waals surface area contributed by atoms with Gasteiger partial charge in [0, 0.05) is 37.1 Å². The quantitative estimate of drug-likeness (QED) is 0.682. The van der Waals surface area contributed by atoms with E-state index in [1.54, 1.807) is 17.8 Å². The molecule has 0 radical (unpaired) electrons. The van der Waals surface area contributed by atoms with E-state index in [1.807, 2.05) is 12.1 Å². The Bertz CT molecular complexity index is 924. The first-order chi connectivity index (χ1) is 13.2. The van der Waals surface area contributed by atoms with E-state index in [0.717, 1.165) is 43.1 Å². The molecule has 0 amide bonds. The standard InChI is InChI=1S/C19H21FN2S.CH4O3S.H2O/c1-21-9-11-22(12-10-21)17-13-14-5-2-3-8-18(14)23-19-15(17)6-4-7-16(19)20;1-5(2,3)4;/h2-8,17H,9-13H2,1H3;1H3,(H,2,3,4);1H2. The van der Waals surface area contributed by atoms with Crippen molar-refractivity contribution in [2.24, 2.45) is 0 Å². The summed E-state index contributed by atoms with van der Waals surface area (Å²) < 4.78 is 40.4. The Labute approximate surface area is 175 Å². The second-order valence-corrected chi connectivity index (χ2v) is 9.68. The second kappa shape index (κ2) is 10.0. The van der Waals surface area contributed by atoms with E-state index in [4.69, 9.17) is 4.55 Å². The van der Waals surface area contributed by atoms with E-state index in [0.29, 0.717) is 6.26 Å². The summed E-state index contributed by atoms with van der Waals surface area (Å²) in [5, 5.41) is 0. The molecule has 1 fully saturated rings. The Balaban J connectivity index is 0.000000450. The van der Waals surface area contributed by atoms with Gasteiger partial charge in [-0.3, -0.25) is 9.45 Å². The van der Waals surface area contributed by atoms with Crippen LogP contribution in [0.3, 0.4) is 0 Å². The number of piperazine rings is 1. The van der Waals surface area contributed by atoms with Crippen molar-refractivity contribution in [1.82, 2.24) is 9.80 Å². The van der Waals surface area contributed by atoms with Gasteiger partial charge in [-0.15, -0.1) is 0 Å². The largest absolute Gasteiger partial charge is 0.412 e. The summed E-state index contributed by atoms with van der Waals surface area (Å²) in [6.45, 7) is 4.25. The molecule has 2 aliphatic heterocycles. The van der Waals surface area contributed by atoms with Gasteiger partial charge in [0.05, 0.1) is 11.2 Å². The molecule has 2 aromatic carbocycles. The molecule has 0 aliphatic carbocycles. The third-order valence-corrected chi connectivity index (χ3v) is 6.19. The molecule has 0 aromatic heterocycles.